The zero-order chi connectivity index (χ0) is 21.2. The number of ether oxygens (including phenoxy) is 2. The first-order valence-electron chi connectivity index (χ1n) is 9.18. The summed E-state index contributed by atoms with van der Waals surface area (Å²) in [6.07, 6.45) is 0. The molecule has 2 rings (SSSR count). The smallest absolute Gasteiger partial charge is 0.251 e. The van der Waals surface area contributed by atoms with Crippen molar-refractivity contribution in [2.45, 2.75) is 13.5 Å². The number of amides is 1. The van der Waals surface area contributed by atoms with Crippen molar-refractivity contribution in [1.29, 1.82) is 0 Å². The quantitative estimate of drug-likeness (QED) is 0.212. The van der Waals surface area contributed by atoms with E-state index < -0.39 is 5.82 Å². The lowest BCUT2D eigenvalue weighted by atomic mass is 10.1. The molecule has 0 unspecified atom stereocenters. The zero-order valence-corrected chi connectivity index (χ0v) is 19.9. The molecule has 0 saturated heterocycles. The van der Waals surface area contributed by atoms with E-state index in [4.69, 9.17) is 9.47 Å². The average Bonchev–Trinajstić information content (AvgIpc) is 2.74. The molecule has 0 bridgehead atoms. The molecule has 2 aromatic carbocycles. The van der Waals surface area contributed by atoms with Crippen LogP contribution in [0.4, 0.5) is 4.39 Å². The summed E-state index contributed by atoms with van der Waals surface area (Å²) in [7, 11) is 4.85. The SMILES string of the molecule is CN=C(NCCNC(=O)c1ccc(C)c(F)c1)NCc1ccc(OC)c(OC)c1.I. The predicted molar refractivity (Wildman–Crippen MR) is 127 cm³/mol. The molecule has 0 spiro atoms. The molecule has 0 aliphatic carbocycles. The third-order valence-electron chi connectivity index (χ3n) is 4.27. The van der Waals surface area contributed by atoms with E-state index in [2.05, 4.69) is 20.9 Å². The Bertz CT molecular complexity index is 877. The maximum Gasteiger partial charge on any atom is 0.251 e. The van der Waals surface area contributed by atoms with Crippen LogP contribution in [0.1, 0.15) is 21.5 Å². The first-order chi connectivity index (χ1) is 14.0. The van der Waals surface area contributed by atoms with E-state index >= 15 is 0 Å². The van der Waals surface area contributed by atoms with Crippen LogP contribution in [0.2, 0.25) is 0 Å². The lowest BCUT2D eigenvalue weighted by Gasteiger charge is -2.14. The Labute approximate surface area is 193 Å². The van der Waals surface area contributed by atoms with Crippen LogP contribution in [0, 0.1) is 12.7 Å². The molecule has 164 valence electrons. The Balaban J connectivity index is 0.00000450. The highest BCUT2D eigenvalue weighted by Crippen LogP contribution is 2.27. The largest absolute Gasteiger partial charge is 0.493 e. The van der Waals surface area contributed by atoms with Gasteiger partial charge in [0.25, 0.3) is 5.91 Å². The van der Waals surface area contributed by atoms with Crippen molar-refractivity contribution >= 4 is 35.8 Å². The Kier molecular flexibility index (Phi) is 10.9. The molecule has 0 saturated carbocycles. The molecule has 0 heterocycles. The lowest BCUT2D eigenvalue weighted by molar-refractivity contribution is 0.0954. The molecular formula is C21H28FIN4O3. The summed E-state index contributed by atoms with van der Waals surface area (Å²) in [4.78, 5) is 16.2. The summed E-state index contributed by atoms with van der Waals surface area (Å²) < 4.78 is 24.1. The average molecular weight is 530 g/mol. The van der Waals surface area contributed by atoms with Gasteiger partial charge in [-0.25, -0.2) is 4.39 Å². The van der Waals surface area contributed by atoms with Crippen LogP contribution < -0.4 is 25.4 Å². The van der Waals surface area contributed by atoms with Crippen molar-refractivity contribution in [2.75, 3.05) is 34.4 Å². The first kappa shape index (κ1) is 25.5. The van der Waals surface area contributed by atoms with Gasteiger partial charge in [-0.05, 0) is 42.3 Å². The number of nitrogens with one attached hydrogen (secondary N) is 3. The zero-order valence-electron chi connectivity index (χ0n) is 17.5. The maximum atomic E-state index is 13.6. The molecule has 0 aliphatic heterocycles. The third-order valence-corrected chi connectivity index (χ3v) is 4.27. The van der Waals surface area contributed by atoms with Crippen molar-refractivity contribution in [3.63, 3.8) is 0 Å². The number of aryl methyl sites for hydroxylation is 1. The van der Waals surface area contributed by atoms with Gasteiger partial charge in [0.05, 0.1) is 14.2 Å². The molecule has 0 radical (unpaired) electrons. The molecule has 0 aliphatic rings. The van der Waals surface area contributed by atoms with Gasteiger partial charge in [0, 0.05) is 32.2 Å². The van der Waals surface area contributed by atoms with E-state index in [0.717, 1.165) is 5.56 Å². The van der Waals surface area contributed by atoms with Gasteiger partial charge in [0.2, 0.25) is 0 Å². The van der Waals surface area contributed by atoms with Crippen LogP contribution in [-0.4, -0.2) is 46.2 Å². The fourth-order valence-electron chi connectivity index (χ4n) is 2.59. The molecule has 7 nitrogen and oxygen atoms in total. The minimum atomic E-state index is -0.393. The van der Waals surface area contributed by atoms with Gasteiger partial charge in [-0.15, -0.1) is 24.0 Å². The minimum absolute atomic E-state index is 0. The lowest BCUT2D eigenvalue weighted by Crippen LogP contribution is -2.41. The van der Waals surface area contributed by atoms with E-state index in [1.165, 1.54) is 6.07 Å². The molecular weight excluding hydrogens is 502 g/mol. The second-order valence-corrected chi connectivity index (χ2v) is 6.26. The second kappa shape index (κ2) is 12.9. The highest BCUT2D eigenvalue weighted by atomic mass is 127. The first-order valence-corrected chi connectivity index (χ1v) is 9.18. The number of carbonyl (C=O) groups excluding carboxylic acids is 1. The van der Waals surface area contributed by atoms with Crippen LogP contribution in [0.5, 0.6) is 11.5 Å². The summed E-state index contributed by atoms with van der Waals surface area (Å²) in [5.74, 6) is 1.21. The molecule has 30 heavy (non-hydrogen) atoms. The van der Waals surface area contributed by atoms with E-state index in [0.29, 0.717) is 48.2 Å². The molecule has 0 aromatic heterocycles. The van der Waals surface area contributed by atoms with Gasteiger partial charge < -0.3 is 25.4 Å². The molecule has 9 heteroatoms. The third kappa shape index (κ3) is 7.36. The second-order valence-electron chi connectivity index (χ2n) is 6.26. The Morgan fingerprint density at radius 3 is 2.33 bits per heavy atom. The van der Waals surface area contributed by atoms with Crippen LogP contribution in [0.3, 0.4) is 0 Å². The molecule has 3 N–H and O–H groups in total. The molecule has 0 atom stereocenters. The topological polar surface area (TPSA) is 84.0 Å². The van der Waals surface area contributed by atoms with E-state index in [1.807, 2.05) is 18.2 Å². The number of guanidine groups is 1. The monoisotopic (exact) mass is 530 g/mol. The highest BCUT2D eigenvalue weighted by molar-refractivity contribution is 14.0. The Morgan fingerprint density at radius 2 is 1.70 bits per heavy atom. The van der Waals surface area contributed by atoms with Crippen LogP contribution in [-0.2, 0) is 6.54 Å². The van der Waals surface area contributed by atoms with Crippen molar-refractivity contribution in [2.24, 2.45) is 4.99 Å². The molecule has 2 aromatic rings. The Morgan fingerprint density at radius 1 is 1.00 bits per heavy atom. The maximum absolute atomic E-state index is 13.6. The summed E-state index contributed by atoms with van der Waals surface area (Å²) in [5, 5.41) is 9.05. The number of hydrogen-bond donors (Lipinski definition) is 3. The molecule has 0 fully saturated rings. The summed E-state index contributed by atoms with van der Waals surface area (Å²) >= 11 is 0. The number of methoxy groups -OCH3 is 2. The van der Waals surface area contributed by atoms with Gasteiger partial charge in [-0.2, -0.15) is 0 Å². The summed E-state index contributed by atoms with van der Waals surface area (Å²) in [5.41, 5.74) is 1.80. The van der Waals surface area contributed by atoms with E-state index in [-0.39, 0.29) is 29.9 Å². The van der Waals surface area contributed by atoms with Crippen molar-refractivity contribution in [3.05, 3.63) is 58.9 Å². The summed E-state index contributed by atoms with van der Waals surface area (Å²) in [6, 6.07) is 10.1. The molecule has 1 amide bonds. The van der Waals surface area contributed by atoms with Crippen molar-refractivity contribution < 1.29 is 18.7 Å². The van der Waals surface area contributed by atoms with Gasteiger partial charge in [0.15, 0.2) is 17.5 Å². The highest BCUT2D eigenvalue weighted by Gasteiger charge is 2.08. The van der Waals surface area contributed by atoms with Gasteiger partial charge in [-0.3, -0.25) is 9.79 Å². The number of rotatable bonds is 8. The van der Waals surface area contributed by atoms with Crippen LogP contribution in [0.15, 0.2) is 41.4 Å². The Hall–Kier alpha value is -2.56. The summed E-state index contributed by atoms with van der Waals surface area (Å²) in [6.45, 7) is 3.02. The number of halogens is 2. The predicted octanol–water partition coefficient (Wildman–Crippen LogP) is 2.86. The number of hydrogen-bond acceptors (Lipinski definition) is 4. The van der Waals surface area contributed by atoms with E-state index in [1.54, 1.807) is 40.3 Å². The normalized spacial score (nSPS) is 10.6. The number of nitrogens with zero attached hydrogens (tertiary/aromatic N) is 1. The van der Waals surface area contributed by atoms with Crippen molar-refractivity contribution in [3.8, 4) is 11.5 Å². The van der Waals surface area contributed by atoms with E-state index in [9.17, 15) is 9.18 Å². The van der Waals surface area contributed by atoms with Crippen LogP contribution >= 0.6 is 24.0 Å². The van der Waals surface area contributed by atoms with Crippen LogP contribution in [0.25, 0.3) is 0 Å². The number of benzene rings is 2. The van der Waals surface area contributed by atoms with Gasteiger partial charge in [0.1, 0.15) is 5.82 Å². The van der Waals surface area contributed by atoms with Crippen molar-refractivity contribution in [1.82, 2.24) is 16.0 Å². The van der Waals surface area contributed by atoms with Gasteiger partial charge >= 0.3 is 0 Å². The fraction of sp³-hybridized carbons (Fsp3) is 0.333. The van der Waals surface area contributed by atoms with Gasteiger partial charge in [-0.1, -0.05) is 12.1 Å². The number of carbonyl (C=O) groups is 1. The minimum Gasteiger partial charge on any atom is -0.493 e. The fourth-order valence-corrected chi connectivity index (χ4v) is 2.59. The number of aliphatic imine (C=N–C) groups is 1. The standard InChI is InChI=1S/C21H27FN4O3.HI/c1-14-5-7-16(12-17(14)22)20(27)24-9-10-25-21(23-2)26-13-15-6-8-18(28-3)19(11-15)29-4;/h5-8,11-12H,9-10,13H2,1-4H3,(H,24,27)(H2,23,25,26);1H.